The smallest absolute Gasteiger partial charge is 0.298 e. The van der Waals surface area contributed by atoms with Gasteiger partial charge in [0.05, 0.1) is 0 Å². The van der Waals surface area contributed by atoms with E-state index in [1.165, 1.54) is 29.8 Å². The summed E-state index contributed by atoms with van der Waals surface area (Å²) >= 11 is 0. The highest BCUT2D eigenvalue weighted by molar-refractivity contribution is 5.45. The van der Waals surface area contributed by atoms with Crippen LogP contribution in [0, 0.1) is 0 Å². The van der Waals surface area contributed by atoms with Gasteiger partial charge in [-0.25, -0.2) is 0 Å². The van der Waals surface area contributed by atoms with Crippen LogP contribution >= 0.6 is 0 Å². The van der Waals surface area contributed by atoms with Gasteiger partial charge in [0, 0.05) is 0 Å². The second-order valence-electron chi connectivity index (χ2n) is 2.92. The van der Waals surface area contributed by atoms with Crippen LogP contribution in [0.1, 0.15) is 13.8 Å². The topological polar surface area (TPSA) is 46.5 Å². The first kappa shape index (κ1) is 12.2. The molecule has 1 aromatic rings. The molecule has 0 aromatic heterocycles. The van der Waals surface area contributed by atoms with Crippen LogP contribution in [0.15, 0.2) is 36.4 Å². The molecule has 3 heteroatoms. The van der Waals surface area contributed by atoms with E-state index in [9.17, 15) is 4.79 Å². The van der Waals surface area contributed by atoms with Gasteiger partial charge >= 0.3 is 0 Å². The summed E-state index contributed by atoms with van der Waals surface area (Å²) in [6.45, 7) is 7.84. The van der Waals surface area contributed by atoms with Crippen molar-refractivity contribution in [2.75, 3.05) is 0 Å². The lowest BCUT2D eigenvalue weighted by molar-refractivity contribution is -0.120. The normalized spacial score (nSPS) is 8.14. The lowest BCUT2D eigenvalue weighted by Crippen LogP contribution is -1.86. The van der Waals surface area contributed by atoms with Crippen molar-refractivity contribution in [3.8, 4) is 11.5 Å². The fraction of sp³-hybridized carbons (Fsp3) is 0.182. The predicted octanol–water partition coefficient (Wildman–Crippen LogP) is 2.51. The Morgan fingerprint density at radius 1 is 1.36 bits per heavy atom. The van der Waals surface area contributed by atoms with Gasteiger partial charge in [0.2, 0.25) is 0 Å². The number of ether oxygens (including phenoxy) is 1. The molecule has 1 aromatic carbocycles. The molecule has 0 heterocycles. The fourth-order valence-corrected chi connectivity index (χ4v) is 0.580. The highest BCUT2D eigenvalue weighted by atomic mass is 16.5. The van der Waals surface area contributed by atoms with Crippen molar-refractivity contribution in [1.82, 2.24) is 0 Å². The van der Waals surface area contributed by atoms with E-state index in [1.54, 1.807) is 0 Å². The van der Waals surface area contributed by atoms with Crippen molar-refractivity contribution in [2.45, 2.75) is 13.8 Å². The highest BCUT2D eigenvalue weighted by Crippen LogP contribution is 2.14. The Bertz CT molecular complexity index is 284. The highest BCUT2D eigenvalue weighted by Gasteiger charge is 1.90. The number of carbonyl (C=O) groups is 1. The van der Waals surface area contributed by atoms with Gasteiger partial charge in [-0.3, -0.25) is 4.79 Å². The van der Waals surface area contributed by atoms with Crippen molar-refractivity contribution in [1.29, 1.82) is 0 Å². The standard InChI is InChI=1S/C7H6O3.C4H8/c8-5-10-7-3-1-6(9)2-4-7;1-4(2)3/h1-5,9H;1H2,2-3H3. The van der Waals surface area contributed by atoms with Crippen molar-refractivity contribution in [3.05, 3.63) is 36.4 Å². The minimum absolute atomic E-state index is 0.151. The zero-order chi connectivity index (χ0) is 11.0. The van der Waals surface area contributed by atoms with Crippen molar-refractivity contribution >= 4 is 6.47 Å². The van der Waals surface area contributed by atoms with Gasteiger partial charge in [0.1, 0.15) is 11.5 Å². The van der Waals surface area contributed by atoms with Crippen LogP contribution in [-0.2, 0) is 4.79 Å². The van der Waals surface area contributed by atoms with E-state index < -0.39 is 0 Å². The maximum absolute atomic E-state index is 9.77. The maximum Gasteiger partial charge on any atom is 0.298 e. The fourth-order valence-electron chi connectivity index (χ4n) is 0.580. The molecule has 0 radical (unpaired) electrons. The van der Waals surface area contributed by atoms with E-state index in [-0.39, 0.29) is 5.75 Å². The molecule has 76 valence electrons. The number of aromatic hydroxyl groups is 1. The van der Waals surface area contributed by atoms with E-state index >= 15 is 0 Å². The second kappa shape index (κ2) is 6.71. The van der Waals surface area contributed by atoms with Crippen LogP contribution < -0.4 is 4.74 Å². The van der Waals surface area contributed by atoms with Crippen molar-refractivity contribution in [3.63, 3.8) is 0 Å². The van der Waals surface area contributed by atoms with Gasteiger partial charge in [-0.1, -0.05) is 5.57 Å². The molecule has 1 rings (SSSR count). The minimum atomic E-state index is 0.151. The van der Waals surface area contributed by atoms with Gasteiger partial charge in [-0.2, -0.15) is 0 Å². The first-order chi connectivity index (χ1) is 6.56. The Morgan fingerprint density at radius 3 is 2.14 bits per heavy atom. The number of phenols is 1. The van der Waals surface area contributed by atoms with Crippen molar-refractivity contribution in [2.24, 2.45) is 0 Å². The monoisotopic (exact) mass is 194 g/mol. The first-order valence-electron chi connectivity index (χ1n) is 4.07. The molecular formula is C11H14O3. The van der Waals surface area contributed by atoms with E-state index in [4.69, 9.17) is 5.11 Å². The van der Waals surface area contributed by atoms with Gasteiger partial charge in [0.15, 0.2) is 0 Å². The molecule has 0 saturated carbocycles. The molecule has 0 fully saturated rings. The van der Waals surface area contributed by atoms with E-state index in [1.807, 2.05) is 13.8 Å². The molecule has 0 unspecified atom stereocenters. The van der Waals surface area contributed by atoms with Crippen LogP contribution in [0.25, 0.3) is 0 Å². The minimum Gasteiger partial charge on any atom is -0.508 e. The number of hydrogen-bond donors (Lipinski definition) is 1. The summed E-state index contributed by atoms with van der Waals surface area (Å²) in [7, 11) is 0. The summed E-state index contributed by atoms with van der Waals surface area (Å²) < 4.78 is 4.47. The number of carbonyl (C=O) groups excluding carboxylic acids is 1. The van der Waals surface area contributed by atoms with Crippen LogP contribution in [0.3, 0.4) is 0 Å². The Morgan fingerprint density at radius 2 is 1.79 bits per heavy atom. The van der Waals surface area contributed by atoms with Crippen LogP contribution in [0.2, 0.25) is 0 Å². The summed E-state index contributed by atoms with van der Waals surface area (Å²) in [6, 6.07) is 5.89. The molecule has 0 aliphatic heterocycles. The van der Waals surface area contributed by atoms with E-state index in [0.717, 1.165) is 0 Å². The number of allylic oxidation sites excluding steroid dienone is 1. The Hall–Kier alpha value is -1.77. The molecule has 14 heavy (non-hydrogen) atoms. The van der Waals surface area contributed by atoms with E-state index in [2.05, 4.69) is 11.3 Å². The lowest BCUT2D eigenvalue weighted by Gasteiger charge is -1.95. The molecule has 3 nitrogen and oxygen atoms in total. The molecule has 0 bridgehead atoms. The quantitative estimate of drug-likeness (QED) is 0.581. The first-order valence-corrected chi connectivity index (χ1v) is 4.07. The lowest BCUT2D eigenvalue weighted by atomic mass is 10.3. The van der Waals surface area contributed by atoms with Gasteiger partial charge in [-0.15, -0.1) is 6.58 Å². The summed E-state index contributed by atoms with van der Waals surface area (Å²) in [4.78, 5) is 9.77. The number of benzene rings is 1. The Balaban J connectivity index is 0.000000364. The Labute approximate surface area is 83.6 Å². The average Bonchev–Trinajstić information content (AvgIpc) is 2.08. The Kier molecular flexibility index (Phi) is 5.87. The zero-order valence-electron chi connectivity index (χ0n) is 8.36. The van der Waals surface area contributed by atoms with Crippen LogP contribution in [0.5, 0.6) is 11.5 Å². The number of rotatable bonds is 2. The summed E-state index contributed by atoms with van der Waals surface area (Å²) in [5.74, 6) is 0.575. The molecular weight excluding hydrogens is 180 g/mol. The average molecular weight is 194 g/mol. The third-order valence-electron chi connectivity index (χ3n) is 1.02. The molecule has 0 spiro atoms. The molecule has 0 aliphatic carbocycles. The molecule has 0 atom stereocenters. The molecule has 0 amide bonds. The SMILES string of the molecule is C=C(C)C.O=COc1ccc(O)cc1. The van der Waals surface area contributed by atoms with Gasteiger partial charge in [0.25, 0.3) is 6.47 Å². The summed E-state index contributed by atoms with van der Waals surface area (Å²) in [5.41, 5.74) is 1.17. The summed E-state index contributed by atoms with van der Waals surface area (Å²) in [5, 5.41) is 8.78. The van der Waals surface area contributed by atoms with Gasteiger partial charge in [-0.05, 0) is 38.1 Å². The summed E-state index contributed by atoms with van der Waals surface area (Å²) in [6.07, 6.45) is 0. The zero-order valence-corrected chi connectivity index (χ0v) is 8.36. The molecule has 0 aliphatic rings. The molecule has 1 N–H and O–H groups in total. The second-order valence-corrected chi connectivity index (χ2v) is 2.92. The number of hydrogen-bond acceptors (Lipinski definition) is 3. The van der Waals surface area contributed by atoms with Crippen molar-refractivity contribution < 1.29 is 14.6 Å². The largest absolute Gasteiger partial charge is 0.508 e. The van der Waals surface area contributed by atoms with Crippen LogP contribution in [-0.4, -0.2) is 11.6 Å². The third kappa shape index (κ3) is 6.91. The van der Waals surface area contributed by atoms with Gasteiger partial charge < -0.3 is 9.84 Å². The number of phenolic OH excluding ortho intramolecular Hbond substituents is 1. The predicted molar refractivity (Wildman–Crippen MR) is 55.3 cm³/mol. The third-order valence-corrected chi connectivity index (χ3v) is 1.02. The van der Waals surface area contributed by atoms with E-state index in [0.29, 0.717) is 12.2 Å². The van der Waals surface area contributed by atoms with Crippen LogP contribution in [0.4, 0.5) is 0 Å². The maximum atomic E-state index is 9.77. The molecule has 0 saturated heterocycles.